The summed E-state index contributed by atoms with van der Waals surface area (Å²) in [5.74, 6) is -0.138. The van der Waals surface area contributed by atoms with Crippen molar-refractivity contribution in [3.63, 3.8) is 0 Å². The van der Waals surface area contributed by atoms with Crippen LogP contribution in [-0.2, 0) is 26.8 Å². The quantitative estimate of drug-likeness (QED) is 0.141. The van der Waals surface area contributed by atoms with Crippen LogP contribution in [0.3, 0.4) is 0 Å². The SMILES string of the molecule is O=P(O)(O)CP(=O)(O)c1ccc(Nc2nc(NC[C@H]3CCCO3)nc3c2ncn3CCc2cccc(O)c2)cc1. The number of fused-ring (bicyclic) bond motifs is 1. The van der Waals surface area contributed by atoms with E-state index in [2.05, 4.69) is 20.6 Å². The van der Waals surface area contributed by atoms with Crippen LogP contribution in [0.15, 0.2) is 54.9 Å². The number of aromatic hydroxyl groups is 1. The van der Waals surface area contributed by atoms with E-state index in [0.717, 1.165) is 25.0 Å². The molecule has 0 saturated carbocycles. The van der Waals surface area contributed by atoms with Crippen LogP contribution in [0, 0.1) is 0 Å². The summed E-state index contributed by atoms with van der Waals surface area (Å²) in [5.41, 5.74) is 2.59. The van der Waals surface area contributed by atoms with Gasteiger partial charge in [0.2, 0.25) is 13.3 Å². The first kappa shape index (κ1) is 28.2. The highest BCUT2D eigenvalue weighted by atomic mass is 31.2. The Labute approximate surface area is 229 Å². The zero-order valence-electron chi connectivity index (χ0n) is 21.4. The van der Waals surface area contributed by atoms with Crippen molar-refractivity contribution in [2.75, 3.05) is 29.7 Å². The Balaban J connectivity index is 1.41. The predicted molar refractivity (Wildman–Crippen MR) is 151 cm³/mol. The molecule has 0 radical (unpaired) electrons. The van der Waals surface area contributed by atoms with Crippen molar-refractivity contribution >= 4 is 48.9 Å². The van der Waals surface area contributed by atoms with Gasteiger partial charge in [0.05, 0.1) is 12.4 Å². The normalized spacial score (nSPS) is 17.1. The predicted octanol–water partition coefficient (Wildman–Crippen LogP) is 3.14. The molecule has 6 N–H and O–H groups in total. The molecule has 2 aromatic heterocycles. The van der Waals surface area contributed by atoms with E-state index in [1.165, 1.54) is 24.3 Å². The number of aromatic nitrogens is 4. The van der Waals surface area contributed by atoms with Crippen molar-refractivity contribution in [1.82, 2.24) is 19.5 Å². The molecule has 5 rings (SSSR count). The Morgan fingerprint density at radius 1 is 1.07 bits per heavy atom. The number of benzene rings is 2. The third-order valence-electron chi connectivity index (χ3n) is 6.44. The molecular weight excluding hydrogens is 558 g/mol. The summed E-state index contributed by atoms with van der Waals surface area (Å²) in [4.78, 5) is 42.3. The van der Waals surface area contributed by atoms with Crippen molar-refractivity contribution in [3.8, 4) is 5.75 Å². The minimum Gasteiger partial charge on any atom is -0.508 e. The monoisotopic (exact) mass is 588 g/mol. The fourth-order valence-corrected chi connectivity index (χ4v) is 7.76. The van der Waals surface area contributed by atoms with Crippen LogP contribution in [0.2, 0.25) is 0 Å². The molecular formula is C25H30N6O7P2. The Hall–Kier alpha value is -3.31. The minimum atomic E-state index is -4.68. The molecule has 2 aromatic carbocycles. The lowest BCUT2D eigenvalue weighted by molar-refractivity contribution is 0.120. The van der Waals surface area contributed by atoms with E-state index in [0.29, 0.717) is 48.1 Å². The average Bonchev–Trinajstić information content (AvgIpc) is 3.55. The first-order chi connectivity index (χ1) is 19.1. The van der Waals surface area contributed by atoms with Gasteiger partial charge in [-0.3, -0.25) is 9.13 Å². The molecule has 0 spiro atoms. The van der Waals surface area contributed by atoms with Crippen LogP contribution < -0.4 is 15.9 Å². The Morgan fingerprint density at radius 3 is 2.58 bits per heavy atom. The molecule has 3 heterocycles. The molecule has 4 aromatic rings. The van der Waals surface area contributed by atoms with Crippen molar-refractivity contribution in [2.24, 2.45) is 0 Å². The lowest BCUT2D eigenvalue weighted by Gasteiger charge is -2.15. The van der Waals surface area contributed by atoms with Gasteiger partial charge in [-0.25, -0.2) is 4.98 Å². The summed E-state index contributed by atoms with van der Waals surface area (Å²) in [7, 11) is -8.92. The Kier molecular flexibility index (Phi) is 8.23. The van der Waals surface area contributed by atoms with Gasteiger partial charge in [0, 0.05) is 30.7 Å². The van der Waals surface area contributed by atoms with E-state index in [1.807, 2.05) is 10.6 Å². The summed E-state index contributed by atoms with van der Waals surface area (Å²) < 4.78 is 31.3. The molecule has 212 valence electrons. The average molecular weight is 588 g/mol. The van der Waals surface area contributed by atoms with Crippen molar-refractivity contribution in [2.45, 2.75) is 31.9 Å². The maximum atomic E-state index is 12.5. The second kappa shape index (κ2) is 11.7. The lowest BCUT2D eigenvalue weighted by atomic mass is 10.1. The van der Waals surface area contributed by atoms with E-state index in [4.69, 9.17) is 19.5 Å². The number of aryl methyl sites for hydroxylation is 2. The van der Waals surface area contributed by atoms with Crippen LogP contribution in [-0.4, -0.2) is 64.5 Å². The molecule has 1 aliphatic heterocycles. The molecule has 0 amide bonds. The van der Waals surface area contributed by atoms with Crippen LogP contribution in [0.1, 0.15) is 18.4 Å². The highest BCUT2D eigenvalue weighted by molar-refractivity contribution is 7.77. The summed E-state index contributed by atoms with van der Waals surface area (Å²) in [6.07, 6.45) is 4.34. The topological polar surface area (TPSA) is 192 Å². The number of imidazole rings is 1. The zero-order chi connectivity index (χ0) is 28.3. The third kappa shape index (κ3) is 7.06. The lowest BCUT2D eigenvalue weighted by Crippen LogP contribution is -2.20. The second-order valence-corrected chi connectivity index (χ2v) is 14.0. The van der Waals surface area contributed by atoms with E-state index in [1.54, 1.807) is 24.5 Å². The maximum Gasteiger partial charge on any atom is 0.335 e. The Bertz CT molecular complexity index is 1580. The zero-order valence-corrected chi connectivity index (χ0v) is 23.2. The molecule has 1 unspecified atom stereocenters. The van der Waals surface area contributed by atoms with Crippen LogP contribution in [0.4, 0.5) is 17.5 Å². The number of nitrogens with one attached hydrogen (secondary N) is 2. The van der Waals surface area contributed by atoms with Crippen molar-refractivity contribution in [3.05, 3.63) is 60.4 Å². The standard InChI is InChI=1S/C25H30N6O7P2/c32-19-4-1-3-17(13-19)10-11-31-15-27-22-23(29-25(30-24(22)31)26-14-20-5-2-12-38-20)28-18-6-8-21(9-7-18)39(33,34)16-40(35,36)37/h1,3-4,6-9,13,15,20,32H,2,5,10-12,14,16H2,(H,33,34)(H2,35,36,37)(H2,26,28,29,30)/t20-/m1/s1. The highest BCUT2D eigenvalue weighted by Gasteiger charge is 2.31. The number of hydrogen-bond donors (Lipinski definition) is 6. The van der Waals surface area contributed by atoms with Gasteiger partial charge in [0.1, 0.15) is 11.7 Å². The molecule has 15 heteroatoms. The number of nitrogens with zero attached hydrogens (tertiary/aromatic N) is 4. The van der Waals surface area contributed by atoms with Gasteiger partial charge in [-0.15, -0.1) is 0 Å². The number of phenols is 1. The number of phenolic OH excluding ortho intramolecular Hbond substituents is 1. The Morgan fingerprint density at radius 2 is 1.88 bits per heavy atom. The molecule has 0 bridgehead atoms. The minimum absolute atomic E-state index is 0.0654. The summed E-state index contributed by atoms with van der Waals surface area (Å²) >= 11 is 0. The van der Waals surface area contributed by atoms with Crippen LogP contribution in [0.5, 0.6) is 5.75 Å². The second-order valence-electron chi connectivity index (χ2n) is 9.62. The molecule has 0 aliphatic carbocycles. The number of anilines is 3. The number of ether oxygens (including phenoxy) is 1. The van der Waals surface area contributed by atoms with Gasteiger partial charge in [-0.1, -0.05) is 12.1 Å². The van der Waals surface area contributed by atoms with Crippen LogP contribution >= 0.6 is 15.0 Å². The summed E-state index contributed by atoms with van der Waals surface area (Å²) in [6.45, 7) is 1.83. The summed E-state index contributed by atoms with van der Waals surface area (Å²) in [6, 6.07) is 12.8. The first-order valence-corrected chi connectivity index (χ1v) is 16.3. The maximum absolute atomic E-state index is 12.5. The van der Waals surface area contributed by atoms with Crippen molar-refractivity contribution in [1.29, 1.82) is 0 Å². The van der Waals surface area contributed by atoms with Gasteiger partial charge >= 0.3 is 7.60 Å². The molecule has 13 nitrogen and oxygen atoms in total. The number of rotatable bonds is 11. The summed E-state index contributed by atoms with van der Waals surface area (Å²) in [5, 5.41) is 16.1. The van der Waals surface area contributed by atoms with Gasteiger partial charge in [0.15, 0.2) is 17.0 Å². The first-order valence-electron chi connectivity index (χ1n) is 12.7. The van der Waals surface area contributed by atoms with E-state index in [-0.39, 0.29) is 17.2 Å². The van der Waals surface area contributed by atoms with Crippen molar-refractivity contribution < 1.29 is 33.7 Å². The van der Waals surface area contributed by atoms with Crippen LogP contribution in [0.25, 0.3) is 11.2 Å². The van der Waals surface area contributed by atoms with E-state index in [9.17, 15) is 19.1 Å². The van der Waals surface area contributed by atoms with Gasteiger partial charge < -0.3 is 39.7 Å². The van der Waals surface area contributed by atoms with Gasteiger partial charge in [-0.05, 0) is 61.2 Å². The molecule has 1 saturated heterocycles. The molecule has 1 fully saturated rings. The molecule has 1 aliphatic rings. The molecule has 40 heavy (non-hydrogen) atoms. The largest absolute Gasteiger partial charge is 0.508 e. The van der Waals surface area contributed by atoms with Gasteiger partial charge in [0.25, 0.3) is 0 Å². The van der Waals surface area contributed by atoms with E-state index >= 15 is 0 Å². The number of hydrogen-bond acceptors (Lipinski definition) is 9. The van der Waals surface area contributed by atoms with Gasteiger partial charge in [-0.2, -0.15) is 9.97 Å². The smallest absolute Gasteiger partial charge is 0.335 e. The highest BCUT2D eigenvalue weighted by Crippen LogP contribution is 2.53. The molecule has 2 atom stereocenters. The van der Waals surface area contributed by atoms with E-state index < -0.39 is 20.9 Å². The fourth-order valence-electron chi connectivity index (χ4n) is 4.49. The third-order valence-corrected chi connectivity index (χ3v) is 10.5. The fraction of sp³-hybridized carbons (Fsp3) is 0.320.